The average molecular weight is 400 g/mol. The van der Waals surface area contributed by atoms with E-state index in [4.69, 9.17) is 4.84 Å². The maximum Gasteiger partial charge on any atom is 0.351 e. The highest BCUT2D eigenvalue weighted by Gasteiger charge is 2.43. The predicted molar refractivity (Wildman–Crippen MR) is 114 cm³/mol. The molecule has 1 saturated heterocycles. The lowest BCUT2D eigenvalue weighted by Gasteiger charge is -2.41. The van der Waals surface area contributed by atoms with Gasteiger partial charge in [0.25, 0.3) is 0 Å². The molecule has 0 bridgehead atoms. The maximum absolute atomic E-state index is 13.3. The van der Waals surface area contributed by atoms with Gasteiger partial charge in [0, 0.05) is 6.42 Å². The van der Waals surface area contributed by atoms with Crippen LogP contribution >= 0.6 is 0 Å². The number of urea groups is 1. The van der Waals surface area contributed by atoms with Crippen molar-refractivity contribution in [3.8, 4) is 0 Å². The van der Waals surface area contributed by atoms with Gasteiger partial charge < -0.3 is 0 Å². The van der Waals surface area contributed by atoms with Gasteiger partial charge in [-0.2, -0.15) is 5.06 Å². The molecule has 1 heterocycles. The quantitative estimate of drug-likeness (QED) is 0.431. The van der Waals surface area contributed by atoms with Gasteiger partial charge in [-0.15, -0.1) is 0 Å². The number of carbonyl (C=O) groups is 2. The van der Waals surface area contributed by atoms with Crippen molar-refractivity contribution in [2.75, 3.05) is 0 Å². The van der Waals surface area contributed by atoms with Crippen LogP contribution < -0.4 is 0 Å². The molecule has 1 aliphatic rings. The van der Waals surface area contributed by atoms with E-state index in [9.17, 15) is 9.59 Å². The van der Waals surface area contributed by atoms with Crippen molar-refractivity contribution < 1.29 is 14.4 Å². The molecule has 0 unspecified atom stereocenters. The zero-order chi connectivity index (χ0) is 20.8. The molecule has 152 valence electrons. The topological polar surface area (TPSA) is 49.9 Å². The Morgan fingerprint density at radius 1 is 0.833 bits per heavy atom. The molecule has 3 aromatic carbocycles. The summed E-state index contributed by atoms with van der Waals surface area (Å²) < 4.78 is 0. The number of hydrogen-bond acceptors (Lipinski definition) is 3. The van der Waals surface area contributed by atoms with Gasteiger partial charge in [0.1, 0.15) is 6.61 Å². The van der Waals surface area contributed by atoms with Gasteiger partial charge in [0.15, 0.2) is 0 Å². The first kappa shape index (κ1) is 19.9. The molecule has 0 radical (unpaired) electrons. The van der Waals surface area contributed by atoms with Gasteiger partial charge >= 0.3 is 6.03 Å². The van der Waals surface area contributed by atoms with Crippen molar-refractivity contribution in [2.24, 2.45) is 0 Å². The van der Waals surface area contributed by atoms with Gasteiger partial charge in [-0.25, -0.2) is 4.79 Å². The van der Waals surface area contributed by atoms with E-state index in [1.165, 1.54) is 9.96 Å². The van der Waals surface area contributed by atoms with Gasteiger partial charge in [0.2, 0.25) is 5.91 Å². The summed E-state index contributed by atoms with van der Waals surface area (Å²) in [6.07, 6.45) is 1.02. The highest BCUT2D eigenvalue weighted by atomic mass is 16.7. The second-order valence-corrected chi connectivity index (χ2v) is 7.38. The summed E-state index contributed by atoms with van der Waals surface area (Å²) in [4.78, 5) is 32.8. The van der Waals surface area contributed by atoms with Crippen LogP contribution in [0.25, 0.3) is 0 Å². The molecule has 0 saturated carbocycles. The third-order valence-corrected chi connectivity index (χ3v) is 5.18. The van der Waals surface area contributed by atoms with Gasteiger partial charge in [-0.1, -0.05) is 91.0 Å². The average Bonchev–Trinajstić information content (AvgIpc) is 2.78. The normalized spacial score (nSPS) is 15.5. The number of amides is 3. The number of β-lactam (4-membered cyclic amide) rings is 1. The van der Waals surface area contributed by atoms with E-state index >= 15 is 0 Å². The molecule has 5 heteroatoms. The van der Waals surface area contributed by atoms with Crippen molar-refractivity contribution in [2.45, 2.75) is 32.0 Å². The number of nitrogens with zero attached hydrogens (tertiary/aromatic N) is 2. The molecule has 4 rings (SSSR count). The number of hydrogen-bond donors (Lipinski definition) is 0. The van der Waals surface area contributed by atoms with Crippen LogP contribution in [0.3, 0.4) is 0 Å². The van der Waals surface area contributed by atoms with E-state index in [-0.39, 0.29) is 25.1 Å². The van der Waals surface area contributed by atoms with Crippen LogP contribution in [0.1, 0.15) is 23.1 Å². The van der Waals surface area contributed by atoms with Crippen molar-refractivity contribution in [3.05, 3.63) is 108 Å². The van der Waals surface area contributed by atoms with Gasteiger partial charge in [-0.05, 0) is 23.1 Å². The molecule has 0 aromatic heterocycles. The minimum atomic E-state index is -0.410. The summed E-state index contributed by atoms with van der Waals surface area (Å²) in [7, 11) is 0. The summed E-state index contributed by atoms with van der Waals surface area (Å²) in [6.45, 7) is 0.527. The fraction of sp³-hybridized carbons (Fsp3) is 0.200. The standard InChI is InChI=1S/C25H24N2O3/c28-24-17-23(16-20-10-4-1-5-11-20)27(24)25(29)26(18-21-12-6-2-7-13-21)30-19-22-14-8-3-9-15-22/h1-15,23H,16-19H2/t23-/m1/s1. The maximum atomic E-state index is 13.3. The monoisotopic (exact) mass is 400 g/mol. The van der Waals surface area contributed by atoms with Gasteiger partial charge in [0.05, 0.1) is 12.6 Å². The number of hydroxylamine groups is 2. The lowest BCUT2D eigenvalue weighted by molar-refractivity contribution is -0.162. The van der Waals surface area contributed by atoms with E-state index in [2.05, 4.69) is 0 Å². The number of benzene rings is 3. The summed E-state index contributed by atoms with van der Waals surface area (Å²) in [6, 6.07) is 28.7. The second-order valence-electron chi connectivity index (χ2n) is 7.38. The molecular weight excluding hydrogens is 376 g/mol. The van der Waals surface area contributed by atoms with Crippen LogP contribution in [0.2, 0.25) is 0 Å². The van der Waals surface area contributed by atoms with E-state index in [0.717, 1.165) is 16.7 Å². The van der Waals surface area contributed by atoms with E-state index in [0.29, 0.717) is 12.8 Å². The lowest BCUT2D eigenvalue weighted by atomic mass is 9.95. The minimum Gasteiger partial charge on any atom is -0.274 e. The summed E-state index contributed by atoms with van der Waals surface area (Å²) in [5.41, 5.74) is 3.00. The Bertz CT molecular complexity index is 977. The summed E-state index contributed by atoms with van der Waals surface area (Å²) >= 11 is 0. The highest BCUT2D eigenvalue weighted by molar-refractivity contribution is 5.99. The zero-order valence-electron chi connectivity index (χ0n) is 16.7. The smallest absolute Gasteiger partial charge is 0.274 e. The molecule has 0 spiro atoms. The Hall–Kier alpha value is -3.44. The molecule has 1 fully saturated rings. The van der Waals surface area contributed by atoms with Crippen LogP contribution in [0, 0.1) is 0 Å². The largest absolute Gasteiger partial charge is 0.351 e. The van der Waals surface area contributed by atoms with Crippen LogP contribution in [-0.4, -0.2) is 27.9 Å². The van der Waals surface area contributed by atoms with Crippen LogP contribution in [-0.2, 0) is 29.2 Å². The molecular formula is C25H24N2O3. The number of rotatable bonds is 7. The Morgan fingerprint density at radius 2 is 1.37 bits per heavy atom. The third kappa shape index (κ3) is 4.75. The Labute approximate surface area is 176 Å². The fourth-order valence-electron chi connectivity index (χ4n) is 3.56. The van der Waals surface area contributed by atoms with E-state index in [1.54, 1.807) is 0 Å². The Balaban J connectivity index is 1.49. The van der Waals surface area contributed by atoms with Crippen LogP contribution in [0.15, 0.2) is 91.0 Å². The Kier molecular flexibility index (Phi) is 6.20. The molecule has 30 heavy (non-hydrogen) atoms. The third-order valence-electron chi connectivity index (χ3n) is 5.18. The highest BCUT2D eigenvalue weighted by Crippen LogP contribution is 2.26. The summed E-state index contributed by atoms with van der Waals surface area (Å²) in [5, 5.41) is 1.30. The van der Waals surface area contributed by atoms with E-state index in [1.807, 2.05) is 91.0 Å². The van der Waals surface area contributed by atoms with Crippen molar-refractivity contribution in [1.29, 1.82) is 0 Å². The molecule has 1 aliphatic heterocycles. The number of imide groups is 1. The fourth-order valence-corrected chi connectivity index (χ4v) is 3.56. The molecule has 1 atom stereocenters. The molecule has 3 amide bonds. The van der Waals surface area contributed by atoms with Crippen LogP contribution in [0.5, 0.6) is 0 Å². The SMILES string of the molecule is O=C1C[C@@H](Cc2ccccc2)N1C(=O)N(Cc1ccccc1)OCc1ccccc1. The van der Waals surface area contributed by atoms with Crippen molar-refractivity contribution in [1.82, 2.24) is 9.96 Å². The first-order valence-corrected chi connectivity index (χ1v) is 10.1. The lowest BCUT2D eigenvalue weighted by Crippen LogP contribution is -2.60. The molecule has 5 nitrogen and oxygen atoms in total. The van der Waals surface area contributed by atoms with Crippen molar-refractivity contribution in [3.63, 3.8) is 0 Å². The van der Waals surface area contributed by atoms with Crippen molar-refractivity contribution >= 4 is 11.9 Å². The first-order chi connectivity index (χ1) is 14.7. The first-order valence-electron chi connectivity index (χ1n) is 10.1. The van der Waals surface area contributed by atoms with E-state index < -0.39 is 6.03 Å². The zero-order valence-corrected chi connectivity index (χ0v) is 16.7. The molecule has 0 N–H and O–H groups in total. The van der Waals surface area contributed by atoms with Gasteiger partial charge in [-0.3, -0.25) is 14.5 Å². The second kappa shape index (κ2) is 9.37. The summed E-state index contributed by atoms with van der Waals surface area (Å²) in [5.74, 6) is -0.165. The Morgan fingerprint density at radius 3 is 1.93 bits per heavy atom. The van der Waals surface area contributed by atoms with Crippen LogP contribution in [0.4, 0.5) is 4.79 Å². The predicted octanol–water partition coefficient (Wildman–Crippen LogP) is 4.58. The number of carbonyl (C=O) groups excluding carboxylic acids is 2. The number of likely N-dealkylation sites (tertiary alicyclic amines) is 1. The molecule has 0 aliphatic carbocycles. The molecule has 3 aromatic rings. The minimum absolute atomic E-state index is 0.147.